The summed E-state index contributed by atoms with van der Waals surface area (Å²) >= 11 is 0. The van der Waals surface area contributed by atoms with Crippen LogP contribution in [0.2, 0.25) is 0 Å². The van der Waals surface area contributed by atoms with Crippen LogP contribution in [-0.4, -0.2) is 28.1 Å². The fraction of sp³-hybridized carbons (Fsp3) is 1.00. The third-order valence-corrected chi connectivity index (χ3v) is 8.33. The molecule has 1 saturated heterocycles. The summed E-state index contributed by atoms with van der Waals surface area (Å²) in [4.78, 5) is 0. The highest BCUT2D eigenvalue weighted by Crippen LogP contribution is 2.68. The molecule has 0 N–H and O–H groups in total. The van der Waals surface area contributed by atoms with Crippen LogP contribution in [0.25, 0.3) is 0 Å². The van der Waals surface area contributed by atoms with Gasteiger partial charge in [-0.25, -0.2) is 4.67 Å². The van der Waals surface area contributed by atoms with Crippen LogP contribution in [0.3, 0.4) is 0 Å². The van der Waals surface area contributed by atoms with Gasteiger partial charge in [-0.15, -0.1) is 0 Å². The van der Waals surface area contributed by atoms with Crippen LogP contribution in [0.1, 0.15) is 54.4 Å². The average molecular weight is 231 g/mol. The SMILES string of the molecule is CC(C)N(C(C)C)[P@]1(=O)CCCC1(C)C. The summed E-state index contributed by atoms with van der Waals surface area (Å²) in [6.45, 7) is 13.0. The molecular formula is C12H26NOP. The molecule has 1 heterocycles. The summed E-state index contributed by atoms with van der Waals surface area (Å²) in [5, 5.41) is 0.0154. The molecule has 1 atom stereocenters. The molecule has 3 heteroatoms. The van der Waals surface area contributed by atoms with Gasteiger partial charge in [-0.2, -0.15) is 0 Å². The van der Waals surface area contributed by atoms with E-state index in [4.69, 9.17) is 0 Å². The van der Waals surface area contributed by atoms with Crippen molar-refractivity contribution in [2.75, 3.05) is 6.16 Å². The van der Waals surface area contributed by atoms with Crippen molar-refractivity contribution >= 4 is 7.29 Å². The zero-order valence-corrected chi connectivity index (χ0v) is 12.0. The molecule has 90 valence electrons. The van der Waals surface area contributed by atoms with Crippen molar-refractivity contribution in [3.05, 3.63) is 0 Å². The normalized spacial score (nSPS) is 30.7. The van der Waals surface area contributed by atoms with E-state index in [0.29, 0.717) is 12.1 Å². The lowest BCUT2D eigenvalue weighted by atomic mass is 10.1. The minimum Gasteiger partial charge on any atom is -0.306 e. The van der Waals surface area contributed by atoms with Crippen LogP contribution in [0, 0.1) is 0 Å². The van der Waals surface area contributed by atoms with Gasteiger partial charge >= 0.3 is 0 Å². The van der Waals surface area contributed by atoms with Gasteiger partial charge < -0.3 is 4.57 Å². The highest BCUT2D eigenvalue weighted by atomic mass is 31.2. The summed E-state index contributed by atoms with van der Waals surface area (Å²) < 4.78 is 15.5. The van der Waals surface area contributed by atoms with Crippen molar-refractivity contribution < 1.29 is 4.57 Å². The quantitative estimate of drug-likeness (QED) is 0.685. The molecule has 0 bridgehead atoms. The van der Waals surface area contributed by atoms with E-state index < -0.39 is 7.29 Å². The standard InChI is InChI=1S/C12H26NOP/c1-10(2)13(11(3)4)15(14)9-7-8-12(15,5)6/h10-11H,7-9H2,1-6H3/t15-/m0/s1. The van der Waals surface area contributed by atoms with Crippen molar-refractivity contribution in [2.24, 2.45) is 0 Å². The Bertz CT molecular complexity index is 263. The van der Waals surface area contributed by atoms with Gasteiger partial charge in [0.15, 0.2) is 7.29 Å². The first-order chi connectivity index (χ1) is 6.72. The Labute approximate surface area is 94.9 Å². The van der Waals surface area contributed by atoms with Crippen molar-refractivity contribution in [1.29, 1.82) is 0 Å². The van der Waals surface area contributed by atoms with Gasteiger partial charge in [0.05, 0.1) is 0 Å². The molecule has 15 heavy (non-hydrogen) atoms. The molecular weight excluding hydrogens is 205 g/mol. The van der Waals surface area contributed by atoms with Crippen LogP contribution in [-0.2, 0) is 4.57 Å². The van der Waals surface area contributed by atoms with Gasteiger partial charge in [0.25, 0.3) is 0 Å². The molecule has 0 spiro atoms. The number of nitrogens with zero attached hydrogens (tertiary/aromatic N) is 1. The fourth-order valence-corrected chi connectivity index (χ4v) is 7.02. The zero-order chi connectivity index (χ0) is 11.9. The second-order valence-electron chi connectivity index (χ2n) is 5.91. The van der Waals surface area contributed by atoms with Crippen molar-refractivity contribution in [3.8, 4) is 0 Å². The van der Waals surface area contributed by atoms with Gasteiger partial charge in [-0.3, -0.25) is 0 Å². The first kappa shape index (κ1) is 13.3. The van der Waals surface area contributed by atoms with Crippen molar-refractivity contribution in [1.82, 2.24) is 4.67 Å². The smallest absolute Gasteiger partial charge is 0.156 e. The molecule has 0 amide bonds. The second-order valence-corrected chi connectivity index (χ2v) is 9.43. The maximum absolute atomic E-state index is 13.2. The Hall–Kier alpha value is 0.190. The summed E-state index contributed by atoms with van der Waals surface area (Å²) in [5.41, 5.74) is 0. The van der Waals surface area contributed by atoms with Gasteiger partial charge in [0.1, 0.15) is 0 Å². The molecule has 1 aliphatic rings. The van der Waals surface area contributed by atoms with Crippen LogP contribution in [0.4, 0.5) is 0 Å². The highest BCUT2D eigenvalue weighted by molar-refractivity contribution is 7.63. The third kappa shape index (κ3) is 2.17. The summed E-state index contributed by atoms with van der Waals surface area (Å²) in [6, 6.07) is 0.765. The minimum atomic E-state index is -2.16. The Morgan fingerprint density at radius 2 is 1.60 bits per heavy atom. The molecule has 0 aromatic heterocycles. The maximum Gasteiger partial charge on any atom is 0.156 e. The lowest BCUT2D eigenvalue weighted by Crippen LogP contribution is -2.39. The maximum atomic E-state index is 13.2. The minimum absolute atomic E-state index is 0.0154. The molecule has 1 aliphatic heterocycles. The molecule has 1 rings (SSSR count). The summed E-state index contributed by atoms with van der Waals surface area (Å²) in [5.74, 6) is 0. The predicted octanol–water partition coefficient (Wildman–Crippen LogP) is 3.96. The molecule has 0 radical (unpaired) electrons. The van der Waals surface area contributed by atoms with Crippen LogP contribution < -0.4 is 0 Å². The van der Waals surface area contributed by atoms with Gasteiger partial charge in [-0.05, 0) is 40.5 Å². The predicted molar refractivity (Wildman–Crippen MR) is 67.9 cm³/mol. The Morgan fingerprint density at radius 3 is 1.87 bits per heavy atom. The van der Waals surface area contributed by atoms with E-state index in [9.17, 15) is 4.57 Å². The summed E-state index contributed by atoms with van der Waals surface area (Å²) in [6.07, 6.45) is 3.15. The Morgan fingerprint density at radius 1 is 1.13 bits per heavy atom. The van der Waals surface area contributed by atoms with E-state index in [2.05, 4.69) is 46.2 Å². The topological polar surface area (TPSA) is 20.3 Å². The van der Waals surface area contributed by atoms with Crippen LogP contribution >= 0.6 is 7.29 Å². The molecule has 2 nitrogen and oxygen atoms in total. The first-order valence-corrected chi connectivity index (χ1v) is 7.95. The fourth-order valence-electron chi connectivity index (χ4n) is 2.97. The van der Waals surface area contributed by atoms with Gasteiger partial charge in [-0.1, -0.05) is 13.8 Å². The number of rotatable bonds is 3. The largest absolute Gasteiger partial charge is 0.306 e. The van der Waals surface area contributed by atoms with E-state index >= 15 is 0 Å². The van der Waals surface area contributed by atoms with Gasteiger partial charge in [0, 0.05) is 23.4 Å². The van der Waals surface area contributed by atoms with Crippen LogP contribution in [0.15, 0.2) is 0 Å². The average Bonchev–Trinajstić information content (AvgIpc) is 2.24. The molecule has 0 aliphatic carbocycles. The highest BCUT2D eigenvalue weighted by Gasteiger charge is 2.50. The van der Waals surface area contributed by atoms with E-state index in [1.807, 2.05) is 0 Å². The van der Waals surface area contributed by atoms with E-state index in [-0.39, 0.29) is 5.16 Å². The number of hydrogen-bond acceptors (Lipinski definition) is 1. The van der Waals surface area contributed by atoms with Crippen LogP contribution in [0.5, 0.6) is 0 Å². The Balaban J connectivity index is 3.07. The van der Waals surface area contributed by atoms with Crippen molar-refractivity contribution in [2.45, 2.75) is 71.6 Å². The molecule has 0 aromatic carbocycles. The van der Waals surface area contributed by atoms with Crippen molar-refractivity contribution in [3.63, 3.8) is 0 Å². The van der Waals surface area contributed by atoms with Gasteiger partial charge in [0.2, 0.25) is 0 Å². The zero-order valence-electron chi connectivity index (χ0n) is 11.1. The molecule has 0 saturated carbocycles. The molecule has 0 unspecified atom stereocenters. The second kappa shape index (κ2) is 4.22. The summed E-state index contributed by atoms with van der Waals surface area (Å²) in [7, 11) is -2.16. The Kier molecular flexibility index (Phi) is 3.73. The van der Waals surface area contributed by atoms with E-state index in [1.54, 1.807) is 0 Å². The lowest BCUT2D eigenvalue weighted by molar-refractivity contribution is 0.292. The van der Waals surface area contributed by atoms with E-state index in [1.165, 1.54) is 0 Å². The monoisotopic (exact) mass is 231 g/mol. The molecule has 0 aromatic rings. The lowest BCUT2D eigenvalue weighted by Gasteiger charge is -2.42. The molecule has 1 fully saturated rings. The number of hydrogen-bond donors (Lipinski definition) is 0. The van der Waals surface area contributed by atoms with E-state index in [0.717, 1.165) is 19.0 Å². The first-order valence-electron chi connectivity index (χ1n) is 6.10. The third-order valence-electron chi connectivity index (χ3n) is 3.63.